The molecule has 0 saturated carbocycles. The second-order valence-corrected chi connectivity index (χ2v) is 8.32. The number of fused-ring (bicyclic) bond motifs is 3. The van der Waals surface area contributed by atoms with E-state index in [2.05, 4.69) is 36.2 Å². The van der Waals surface area contributed by atoms with E-state index in [4.69, 9.17) is 0 Å². The van der Waals surface area contributed by atoms with Gasteiger partial charge in [0.05, 0.1) is 0 Å². The molecular weight excluding hydrogens is 395 g/mol. The molecule has 0 saturated heterocycles. The summed E-state index contributed by atoms with van der Waals surface area (Å²) in [6.45, 7) is 0. The van der Waals surface area contributed by atoms with Gasteiger partial charge in [-0.3, -0.25) is 0 Å². The van der Waals surface area contributed by atoms with Gasteiger partial charge < -0.3 is 0 Å². The number of halogens is 1. The van der Waals surface area contributed by atoms with Gasteiger partial charge in [-0.15, -0.1) is 0 Å². The summed E-state index contributed by atoms with van der Waals surface area (Å²) in [5.74, 6) is 0.925. The third-order valence-electron chi connectivity index (χ3n) is 3.72. The molecule has 106 valence electrons. The number of hydrogen-bond donors (Lipinski definition) is 1. The van der Waals surface area contributed by atoms with Crippen LogP contribution in [0.25, 0.3) is 9.78 Å². The van der Waals surface area contributed by atoms with Crippen molar-refractivity contribution in [2.75, 3.05) is 5.32 Å². The van der Waals surface area contributed by atoms with Crippen LogP contribution < -0.4 is 5.32 Å². The molecular formula is C15H13BrN4Se. The van der Waals surface area contributed by atoms with Gasteiger partial charge in [0, 0.05) is 0 Å². The number of pyridine rings is 1. The second-order valence-electron chi connectivity index (χ2n) is 5.13. The number of hydrogen-bond acceptors (Lipinski definition) is 4. The number of aryl methyl sites for hydroxylation is 2. The summed E-state index contributed by atoms with van der Waals surface area (Å²) in [6.07, 6.45) is 10.3. The van der Waals surface area contributed by atoms with Crippen LogP contribution in [-0.4, -0.2) is 29.5 Å². The average molecular weight is 408 g/mol. The predicted octanol–water partition coefficient (Wildman–Crippen LogP) is 3.47. The molecule has 4 rings (SSSR count). The van der Waals surface area contributed by atoms with E-state index in [0.717, 1.165) is 16.0 Å². The maximum atomic E-state index is 4.51. The molecule has 3 aromatic heterocycles. The Morgan fingerprint density at radius 3 is 2.95 bits per heavy atom. The summed E-state index contributed by atoms with van der Waals surface area (Å²) < 4.78 is 3.81. The first kappa shape index (κ1) is 13.4. The first-order chi connectivity index (χ1) is 10.3. The molecule has 0 atom stereocenters. The van der Waals surface area contributed by atoms with Crippen LogP contribution in [0.3, 0.4) is 0 Å². The maximum absolute atomic E-state index is 4.51. The summed E-state index contributed by atoms with van der Waals surface area (Å²) >= 11 is 3.84. The van der Waals surface area contributed by atoms with Crippen LogP contribution in [0.15, 0.2) is 29.3 Å². The number of nitrogens with one attached hydrogen (secondary N) is 1. The Balaban J connectivity index is 1.83. The molecule has 0 unspecified atom stereocenters. The van der Waals surface area contributed by atoms with Gasteiger partial charge in [-0.2, -0.15) is 0 Å². The van der Waals surface area contributed by atoms with Gasteiger partial charge in [0.2, 0.25) is 0 Å². The van der Waals surface area contributed by atoms with Crippen molar-refractivity contribution in [3.63, 3.8) is 0 Å². The van der Waals surface area contributed by atoms with Crippen molar-refractivity contribution in [2.24, 2.45) is 0 Å². The SMILES string of the molecule is Brc1cncc(Nc2ncnc3[se]c4c(c23)CCCC4)c1. The summed E-state index contributed by atoms with van der Waals surface area (Å²) in [7, 11) is 0. The quantitative estimate of drug-likeness (QED) is 0.660. The van der Waals surface area contributed by atoms with E-state index in [1.807, 2.05) is 12.3 Å². The van der Waals surface area contributed by atoms with E-state index in [1.165, 1.54) is 41.0 Å². The monoisotopic (exact) mass is 408 g/mol. The van der Waals surface area contributed by atoms with Gasteiger partial charge in [-0.05, 0) is 0 Å². The van der Waals surface area contributed by atoms with Crippen molar-refractivity contribution in [1.82, 2.24) is 15.0 Å². The number of rotatable bonds is 2. The van der Waals surface area contributed by atoms with Crippen LogP contribution in [0.4, 0.5) is 11.5 Å². The first-order valence-electron chi connectivity index (χ1n) is 6.94. The minimum absolute atomic E-state index is 0.389. The zero-order chi connectivity index (χ0) is 14.2. The second kappa shape index (κ2) is 5.52. The zero-order valence-electron chi connectivity index (χ0n) is 11.3. The molecule has 0 aliphatic heterocycles. The van der Waals surface area contributed by atoms with Gasteiger partial charge in [0.25, 0.3) is 0 Å². The molecule has 0 spiro atoms. The van der Waals surface area contributed by atoms with Crippen molar-refractivity contribution in [3.8, 4) is 0 Å². The fraction of sp³-hybridized carbons (Fsp3) is 0.267. The van der Waals surface area contributed by atoms with Gasteiger partial charge in [0.1, 0.15) is 0 Å². The Morgan fingerprint density at radius 1 is 1.14 bits per heavy atom. The van der Waals surface area contributed by atoms with Crippen molar-refractivity contribution < 1.29 is 0 Å². The molecule has 3 heterocycles. The van der Waals surface area contributed by atoms with E-state index in [1.54, 1.807) is 17.0 Å². The summed E-state index contributed by atoms with van der Waals surface area (Å²) in [5, 5.41) is 4.67. The number of nitrogens with zero attached hydrogens (tertiary/aromatic N) is 3. The van der Waals surface area contributed by atoms with Crippen LogP contribution in [0.1, 0.15) is 22.8 Å². The topological polar surface area (TPSA) is 50.7 Å². The fourth-order valence-corrected chi connectivity index (χ4v) is 5.75. The van der Waals surface area contributed by atoms with Gasteiger partial charge in [-0.25, -0.2) is 0 Å². The van der Waals surface area contributed by atoms with E-state index in [0.29, 0.717) is 14.5 Å². The summed E-state index contributed by atoms with van der Waals surface area (Å²) in [5.41, 5.74) is 2.45. The van der Waals surface area contributed by atoms with Gasteiger partial charge >= 0.3 is 137 Å². The normalized spacial score (nSPS) is 14.1. The van der Waals surface area contributed by atoms with E-state index in [9.17, 15) is 0 Å². The predicted molar refractivity (Wildman–Crippen MR) is 88.3 cm³/mol. The Bertz CT molecular complexity index is 815. The Kier molecular flexibility index (Phi) is 3.53. The Labute approximate surface area is 136 Å². The van der Waals surface area contributed by atoms with Crippen molar-refractivity contribution in [1.29, 1.82) is 0 Å². The minimum atomic E-state index is 0.389. The van der Waals surface area contributed by atoms with Crippen molar-refractivity contribution in [2.45, 2.75) is 25.7 Å². The molecule has 1 aliphatic rings. The molecule has 6 heteroatoms. The van der Waals surface area contributed by atoms with E-state index in [-0.39, 0.29) is 0 Å². The molecule has 1 N–H and O–H groups in total. The van der Waals surface area contributed by atoms with Crippen LogP contribution in [0.2, 0.25) is 0 Å². The third-order valence-corrected chi connectivity index (χ3v) is 6.67. The third kappa shape index (κ3) is 2.52. The average Bonchev–Trinajstić information content (AvgIpc) is 2.87. The molecule has 0 amide bonds. The zero-order valence-corrected chi connectivity index (χ0v) is 14.6. The first-order valence-corrected chi connectivity index (χ1v) is 9.45. The molecule has 1 aliphatic carbocycles. The molecule has 3 aromatic rings. The molecule has 21 heavy (non-hydrogen) atoms. The number of anilines is 2. The molecule has 0 bridgehead atoms. The van der Waals surface area contributed by atoms with Crippen LogP contribution in [0.5, 0.6) is 0 Å². The van der Waals surface area contributed by atoms with Crippen molar-refractivity contribution >= 4 is 51.7 Å². The van der Waals surface area contributed by atoms with E-state index < -0.39 is 0 Å². The van der Waals surface area contributed by atoms with E-state index >= 15 is 0 Å². The Morgan fingerprint density at radius 2 is 2.05 bits per heavy atom. The molecule has 0 aromatic carbocycles. The van der Waals surface area contributed by atoms with Crippen LogP contribution in [-0.2, 0) is 12.8 Å². The number of aromatic nitrogens is 3. The van der Waals surface area contributed by atoms with Gasteiger partial charge in [0.15, 0.2) is 0 Å². The van der Waals surface area contributed by atoms with Crippen molar-refractivity contribution in [3.05, 3.63) is 39.3 Å². The summed E-state index contributed by atoms with van der Waals surface area (Å²) in [6, 6.07) is 2.01. The van der Waals surface area contributed by atoms with Crippen LogP contribution >= 0.6 is 15.9 Å². The Hall–Kier alpha value is -1.23. The molecule has 4 nitrogen and oxygen atoms in total. The van der Waals surface area contributed by atoms with Crippen LogP contribution in [0, 0.1) is 0 Å². The molecule has 0 radical (unpaired) electrons. The summed E-state index contributed by atoms with van der Waals surface area (Å²) in [4.78, 5) is 13.2. The van der Waals surface area contributed by atoms with Gasteiger partial charge in [-0.1, -0.05) is 0 Å². The molecule has 0 fully saturated rings. The standard InChI is InChI=1S/C15H13BrN4Se/c16-9-5-10(7-17-6-9)20-14-13-11-3-1-2-4-12(11)21-15(13)19-8-18-14/h5-8H,1-4H2,(H,18,19,20). The fourth-order valence-electron chi connectivity index (χ4n) is 2.80.